The standard InChI is InChI=1S/C19H34N2O2/c1-6-19(4,5)15-7-9-16(10-8-15)20-18(23)14-11-17(22)21(12-14)13(2)3/h13-16H,6-12H2,1-5H3,(H,20,23). The van der Waals surface area contributed by atoms with E-state index in [0.29, 0.717) is 24.4 Å². The van der Waals surface area contributed by atoms with E-state index in [1.807, 2.05) is 18.7 Å². The van der Waals surface area contributed by atoms with Crippen LogP contribution in [0.3, 0.4) is 0 Å². The van der Waals surface area contributed by atoms with Crippen LogP contribution in [-0.2, 0) is 9.59 Å². The Kier molecular flexibility index (Phi) is 5.74. The number of likely N-dealkylation sites (tertiary alicyclic amines) is 1. The Morgan fingerprint density at radius 1 is 1.26 bits per heavy atom. The molecule has 0 aromatic rings. The second-order valence-electron chi connectivity index (χ2n) is 8.44. The second-order valence-corrected chi connectivity index (χ2v) is 8.44. The quantitative estimate of drug-likeness (QED) is 0.844. The van der Waals surface area contributed by atoms with E-state index in [1.165, 1.54) is 19.3 Å². The zero-order valence-corrected chi connectivity index (χ0v) is 15.5. The maximum atomic E-state index is 12.5. The lowest BCUT2D eigenvalue weighted by Crippen LogP contribution is -2.43. The monoisotopic (exact) mass is 322 g/mol. The van der Waals surface area contributed by atoms with Gasteiger partial charge in [0.25, 0.3) is 0 Å². The van der Waals surface area contributed by atoms with Gasteiger partial charge in [-0.15, -0.1) is 0 Å². The first-order valence-corrected chi connectivity index (χ1v) is 9.34. The third kappa shape index (κ3) is 4.27. The van der Waals surface area contributed by atoms with Gasteiger partial charge in [0.05, 0.1) is 5.92 Å². The number of carbonyl (C=O) groups excluding carboxylic acids is 2. The Morgan fingerprint density at radius 2 is 1.87 bits per heavy atom. The van der Waals surface area contributed by atoms with Gasteiger partial charge >= 0.3 is 0 Å². The number of hydrogen-bond donors (Lipinski definition) is 1. The SMILES string of the molecule is CCC(C)(C)C1CCC(NC(=O)C2CC(=O)N(C(C)C)C2)CC1. The van der Waals surface area contributed by atoms with E-state index in [9.17, 15) is 9.59 Å². The summed E-state index contributed by atoms with van der Waals surface area (Å²) in [6.07, 6.45) is 6.15. The van der Waals surface area contributed by atoms with Gasteiger partial charge in [0.2, 0.25) is 11.8 Å². The summed E-state index contributed by atoms with van der Waals surface area (Å²) in [4.78, 5) is 26.3. The summed E-state index contributed by atoms with van der Waals surface area (Å²) in [5, 5.41) is 3.21. The third-order valence-electron chi connectivity index (χ3n) is 6.24. The van der Waals surface area contributed by atoms with Gasteiger partial charge in [-0.25, -0.2) is 0 Å². The van der Waals surface area contributed by atoms with E-state index in [-0.39, 0.29) is 23.8 Å². The molecule has 1 saturated heterocycles. The van der Waals surface area contributed by atoms with Crippen LogP contribution in [0.2, 0.25) is 0 Å². The van der Waals surface area contributed by atoms with Crippen LogP contribution < -0.4 is 5.32 Å². The third-order valence-corrected chi connectivity index (χ3v) is 6.24. The molecule has 132 valence electrons. The summed E-state index contributed by atoms with van der Waals surface area (Å²) < 4.78 is 0. The molecule has 23 heavy (non-hydrogen) atoms. The van der Waals surface area contributed by atoms with Crippen molar-refractivity contribution < 1.29 is 9.59 Å². The van der Waals surface area contributed by atoms with Crippen LogP contribution in [0.15, 0.2) is 0 Å². The lowest BCUT2D eigenvalue weighted by atomic mass is 9.69. The molecule has 1 heterocycles. The summed E-state index contributed by atoms with van der Waals surface area (Å²) in [5.74, 6) is 0.813. The highest BCUT2D eigenvalue weighted by Gasteiger charge is 2.37. The normalized spacial score (nSPS) is 29.2. The minimum atomic E-state index is -0.158. The molecular weight excluding hydrogens is 288 g/mol. The lowest BCUT2D eigenvalue weighted by molar-refractivity contribution is -0.130. The molecule has 1 unspecified atom stereocenters. The molecule has 0 bridgehead atoms. The minimum absolute atomic E-state index is 0.0831. The summed E-state index contributed by atoms with van der Waals surface area (Å²) in [5.41, 5.74) is 0.407. The number of hydrogen-bond acceptors (Lipinski definition) is 2. The highest BCUT2D eigenvalue weighted by molar-refractivity contribution is 5.89. The Bertz CT molecular complexity index is 437. The van der Waals surface area contributed by atoms with Gasteiger partial charge in [-0.2, -0.15) is 0 Å². The molecule has 2 amide bonds. The number of amides is 2. The fourth-order valence-corrected chi connectivity index (χ4v) is 4.03. The summed E-state index contributed by atoms with van der Waals surface area (Å²) in [7, 11) is 0. The topological polar surface area (TPSA) is 49.4 Å². The van der Waals surface area contributed by atoms with Crippen LogP contribution in [0.4, 0.5) is 0 Å². The summed E-state index contributed by atoms with van der Waals surface area (Å²) >= 11 is 0. The maximum absolute atomic E-state index is 12.5. The van der Waals surface area contributed by atoms with Gasteiger partial charge in [-0.05, 0) is 50.9 Å². The van der Waals surface area contributed by atoms with Crippen LogP contribution in [0.25, 0.3) is 0 Å². The number of carbonyl (C=O) groups is 2. The van der Waals surface area contributed by atoms with Crippen molar-refractivity contribution in [2.24, 2.45) is 17.3 Å². The molecule has 4 heteroatoms. The Balaban J connectivity index is 1.81. The van der Waals surface area contributed by atoms with E-state index < -0.39 is 0 Å². The molecule has 1 aliphatic carbocycles. The van der Waals surface area contributed by atoms with Crippen molar-refractivity contribution in [2.45, 2.75) is 85.2 Å². The molecule has 1 N–H and O–H groups in total. The van der Waals surface area contributed by atoms with Gasteiger partial charge in [0.1, 0.15) is 0 Å². The van der Waals surface area contributed by atoms with Gasteiger partial charge in [-0.3, -0.25) is 9.59 Å². The van der Waals surface area contributed by atoms with Gasteiger partial charge in [-0.1, -0.05) is 27.2 Å². The predicted octanol–water partition coefficient (Wildman–Crippen LogP) is 3.35. The van der Waals surface area contributed by atoms with Crippen molar-refractivity contribution in [1.29, 1.82) is 0 Å². The van der Waals surface area contributed by atoms with Crippen LogP contribution in [-0.4, -0.2) is 35.3 Å². The smallest absolute Gasteiger partial charge is 0.225 e. The highest BCUT2D eigenvalue weighted by atomic mass is 16.2. The lowest BCUT2D eigenvalue weighted by Gasteiger charge is -2.39. The molecule has 0 radical (unpaired) electrons. The maximum Gasteiger partial charge on any atom is 0.225 e. The van der Waals surface area contributed by atoms with E-state index in [0.717, 1.165) is 18.8 Å². The van der Waals surface area contributed by atoms with E-state index in [4.69, 9.17) is 0 Å². The Morgan fingerprint density at radius 3 is 2.35 bits per heavy atom. The Labute approximate surface area is 141 Å². The van der Waals surface area contributed by atoms with Crippen molar-refractivity contribution >= 4 is 11.8 Å². The zero-order chi connectivity index (χ0) is 17.2. The average Bonchev–Trinajstić information content (AvgIpc) is 2.90. The summed E-state index contributed by atoms with van der Waals surface area (Å²) in [6.45, 7) is 11.6. The van der Waals surface area contributed by atoms with Crippen molar-refractivity contribution in [2.75, 3.05) is 6.54 Å². The average molecular weight is 322 g/mol. The fourth-order valence-electron chi connectivity index (χ4n) is 4.03. The van der Waals surface area contributed by atoms with Gasteiger partial charge < -0.3 is 10.2 Å². The molecule has 0 spiro atoms. The first-order chi connectivity index (χ1) is 10.7. The molecule has 2 rings (SSSR count). The molecule has 1 aliphatic heterocycles. The van der Waals surface area contributed by atoms with Crippen molar-refractivity contribution in [3.05, 3.63) is 0 Å². The van der Waals surface area contributed by atoms with E-state index in [2.05, 4.69) is 26.1 Å². The molecule has 1 saturated carbocycles. The second kappa shape index (κ2) is 7.23. The van der Waals surface area contributed by atoms with Crippen LogP contribution in [0.1, 0.15) is 73.1 Å². The minimum Gasteiger partial charge on any atom is -0.353 e. The van der Waals surface area contributed by atoms with Crippen LogP contribution in [0, 0.1) is 17.3 Å². The Hall–Kier alpha value is -1.06. The number of nitrogens with zero attached hydrogens (tertiary/aromatic N) is 1. The predicted molar refractivity (Wildman–Crippen MR) is 92.9 cm³/mol. The van der Waals surface area contributed by atoms with E-state index >= 15 is 0 Å². The molecule has 2 fully saturated rings. The van der Waals surface area contributed by atoms with E-state index in [1.54, 1.807) is 0 Å². The first kappa shape index (κ1) is 18.3. The fraction of sp³-hybridized carbons (Fsp3) is 0.895. The molecule has 0 aromatic carbocycles. The van der Waals surface area contributed by atoms with Crippen molar-refractivity contribution in [3.63, 3.8) is 0 Å². The molecule has 0 aromatic heterocycles. The zero-order valence-electron chi connectivity index (χ0n) is 15.5. The van der Waals surface area contributed by atoms with Crippen molar-refractivity contribution in [3.8, 4) is 0 Å². The highest BCUT2D eigenvalue weighted by Crippen LogP contribution is 2.40. The largest absolute Gasteiger partial charge is 0.353 e. The van der Waals surface area contributed by atoms with Crippen LogP contribution in [0.5, 0.6) is 0 Å². The molecular formula is C19H34N2O2. The van der Waals surface area contributed by atoms with Crippen LogP contribution >= 0.6 is 0 Å². The molecule has 2 aliphatic rings. The first-order valence-electron chi connectivity index (χ1n) is 9.34. The van der Waals surface area contributed by atoms with Crippen molar-refractivity contribution in [1.82, 2.24) is 10.2 Å². The number of nitrogens with one attached hydrogen (secondary N) is 1. The van der Waals surface area contributed by atoms with Gasteiger partial charge in [0.15, 0.2) is 0 Å². The van der Waals surface area contributed by atoms with Gasteiger partial charge in [0, 0.05) is 25.0 Å². The number of rotatable bonds is 5. The summed E-state index contributed by atoms with van der Waals surface area (Å²) in [6, 6.07) is 0.488. The molecule has 4 nitrogen and oxygen atoms in total. The molecule has 1 atom stereocenters.